The first-order valence-corrected chi connectivity index (χ1v) is 13.3. The Bertz CT molecular complexity index is 1480. The van der Waals surface area contributed by atoms with Crippen LogP contribution in [0, 0.1) is 27.7 Å². The van der Waals surface area contributed by atoms with Gasteiger partial charge in [-0.3, -0.25) is 4.79 Å². The molecule has 5 rings (SSSR count). The summed E-state index contributed by atoms with van der Waals surface area (Å²) in [7, 11) is 0. The molecule has 1 aliphatic heterocycles. The van der Waals surface area contributed by atoms with Gasteiger partial charge in [0.1, 0.15) is 17.8 Å². The maximum absolute atomic E-state index is 13.3. The quantitative estimate of drug-likeness (QED) is 0.275. The normalized spacial score (nSPS) is 13.4. The van der Waals surface area contributed by atoms with Crippen molar-refractivity contribution in [2.75, 3.05) is 13.2 Å². The van der Waals surface area contributed by atoms with Crippen LogP contribution in [0.4, 0.5) is 0 Å². The van der Waals surface area contributed by atoms with Crippen LogP contribution in [0.2, 0.25) is 10.0 Å². The topological polar surface area (TPSA) is 69.0 Å². The van der Waals surface area contributed by atoms with E-state index < -0.39 is 0 Å². The second-order valence-corrected chi connectivity index (χ2v) is 10.4. The fourth-order valence-corrected chi connectivity index (χ4v) is 5.73. The van der Waals surface area contributed by atoms with E-state index in [1.54, 1.807) is 6.33 Å². The predicted octanol–water partition coefficient (Wildman–Crippen LogP) is 6.78. The summed E-state index contributed by atoms with van der Waals surface area (Å²) >= 11 is 13.1. The van der Waals surface area contributed by atoms with E-state index in [4.69, 9.17) is 27.9 Å². The number of aryl methyl sites for hydroxylation is 6. The van der Waals surface area contributed by atoms with Crippen LogP contribution in [0.1, 0.15) is 51.4 Å². The maximum atomic E-state index is 13.3. The molecule has 6 nitrogen and oxygen atoms in total. The molecule has 3 heterocycles. The summed E-state index contributed by atoms with van der Waals surface area (Å²) in [5, 5.41) is 5.50. The molecule has 8 heteroatoms. The highest BCUT2D eigenvalue weighted by atomic mass is 35.5. The van der Waals surface area contributed by atoms with E-state index in [-0.39, 0.29) is 5.91 Å². The van der Waals surface area contributed by atoms with E-state index in [1.165, 1.54) is 0 Å². The smallest absolute Gasteiger partial charge is 0.268 e. The van der Waals surface area contributed by atoms with Crippen LogP contribution in [-0.4, -0.2) is 33.6 Å². The summed E-state index contributed by atoms with van der Waals surface area (Å²) in [5.74, 6) is 0.759. The first kappa shape index (κ1) is 25.6. The van der Waals surface area contributed by atoms with Crippen LogP contribution >= 0.6 is 23.2 Å². The number of hydrogen-bond acceptors (Lipinski definition) is 4. The zero-order valence-electron chi connectivity index (χ0n) is 21.5. The average Bonchev–Trinajstić information content (AvgIpc) is 3.04. The van der Waals surface area contributed by atoms with Gasteiger partial charge in [-0.2, -0.15) is 0 Å². The molecule has 2 aromatic carbocycles. The number of ether oxygens (including phenoxy) is 1. The molecule has 4 aromatic rings. The highest BCUT2D eigenvalue weighted by Gasteiger charge is 2.28. The van der Waals surface area contributed by atoms with E-state index in [2.05, 4.69) is 19.9 Å². The van der Waals surface area contributed by atoms with Gasteiger partial charge in [-0.1, -0.05) is 29.3 Å². The molecule has 2 aromatic heterocycles. The Hall–Kier alpha value is -3.09. The van der Waals surface area contributed by atoms with Crippen LogP contribution in [0.3, 0.4) is 0 Å². The van der Waals surface area contributed by atoms with E-state index >= 15 is 0 Å². The minimum Gasteiger partial charge on any atom is -0.494 e. The molecule has 0 radical (unpaired) electrons. The van der Waals surface area contributed by atoms with Gasteiger partial charge in [-0.25, -0.2) is 9.97 Å². The molecule has 192 valence electrons. The molecule has 0 unspecified atom stereocenters. The van der Waals surface area contributed by atoms with Crippen molar-refractivity contribution < 1.29 is 9.53 Å². The number of aromatic nitrogens is 3. The molecule has 1 aliphatic rings. The van der Waals surface area contributed by atoms with Gasteiger partial charge in [-0.15, -0.1) is 0 Å². The Balaban J connectivity index is 1.56. The van der Waals surface area contributed by atoms with Crippen LogP contribution in [0.25, 0.3) is 22.0 Å². The number of fused-ring (bicyclic) bond motifs is 3. The molecule has 0 saturated carbocycles. The predicted molar refractivity (Wildman–Crippen MR) is 149 cm³/mol. The van der Waals surface area contributed by atoms with Crippen molar-refractivity contribution in [1.82, 2.24) is 19.9 Å². The maximum Gasteiger partial charge on any atom is 0.268 e. The van der Waals surface area contributed by atoms with Crippen molar-refractivity contribution in [3.05, 3.63) is 74.4 Å². The molecule has 0 atom stereocenters. The van der Waals surface area contributed by atoms with Crippen LogP contribution < -0.4 is 10.1 Å². The van der Waals surface area contributed by atoms with Gasteiger partial charge in [-0.05, 0) is 81.8 Å². The molecule has 37 heavy (non-hydrogen) atoms. The molecule has 0 aliphatic carbocycles. The van der Waals surface area contributed by atoms with Gasteiger partial charge in [0, 0.05) is 46.0 Å². The third kappa shape index (κ3) is 4.69. The number of nitrogens with one attached hydrogen (secondary N) is 1. The number of amides is 1. The van der Waals surface area contributed by atoms with Crippen molar-refractivity contribution in [2.24, 2.45) is 0 Å². The molecule has 0 saturated heterocycles. The van der Waals surface area contributed by atoms with Crippen molar-refractivity contribution in [3.63, 3.8) is 0 Å². The summed E-state index contributed by atoms with van der Waals surface area (Å²) in [6.07, 6.45) is 3.87. The molecule has 0 bridgehead atoms. The number of rotatable bonds is 6. The lowest BCUT2D eigenvalue weighted by atomic mass is 9.97. The summed E-state index contributed by atoms with van der Waals surface area (Å²) in [6.45, 7) is 9.79. The molecular formula is C29H30Cl2N4O2. The zero-order chi connectivity index (χ0) is 26.3. The first-order valence-electron chi connectivity index (χ1n) is 12.6. The summed E-state index contributed by atoms with van der Waals surface area (Å²) in [5.41, 5.74) is 8.23. The van der Waals surface area contributed by atoms with Crippen molar-refractivity contribution >= 4 is 40.0 Å². The van der Waals surface area contributed by atoms with Crippen molar-refractivity contribution in [3.8, 4) is 16.9 Å². The number of nitrogens with zero attached hydrogens (tertiary/aromatic N) is 3. The fraction of sp³-hybridized carbons (Fsp3) is 0.345. The molecule has 1 amide bonds. The third-order valence-electron chi connectivity index (χ3n) is 7.06. The highest BCUT2D eigenvalue weighted by Crippen LogP contribution is 2.41. The van der Waals surface area contributed by atoms with Crippen LogP contribution in [0.15, 0.2) is 30.6 Å². The monoisotopic (exact) mass is 536 g/mol. The number of carbonyl (C=O) groups is 1. The molecule has 0 spiro atoms. The SMILES string of the molecule is Cc1cc(OCCCc2c3n(c4c(-c5c(C)ncnc5C)c(Cl)ccc24)CCCNC3=O)cc(C)c1Cl. The zero-order valence-corrected chi connectivity index (χ0v) is 23.1. The molecular weight excluding hydrogens is 507 g/mol. The summed E-state index contributed by atoms with van der Waals surface area (Å²) in [4.78, 5) is 22.2. The number of halogens is 2. The number of benzene rings is 2. The van der Waals surface area contributed by atoms with E-state index in [9.17, 15) is 4.79 Å². The third-order valence-corrected chi connectivity index (χ3v) is 7.97. The number of hydrogen-bond donors (Lipinski definition) is 1. The van der Waals surface area contributed by atoms with Crippen LogP contribution in [-0.2, 0) is 13.0 Å². The Labute approximate surface area is 227 Å². The van der Waals surface area contributed by atoms with Crippen LogP contribution in [0.5, 0.6) is 5.75 Å². The average molecular weight is 537 g/mol. The summed E-state index contributed by atoms with van der Waals surface area (Å²) < 4.78 is 8.21. The van der Waals surface area contributed by atoms with Gasteiger partial charge in [0.2, 0.25) is 0 Å². The largest absolute Gasteiger partial charge is 0.494 e. The first-order chi connectivity index (χ1) is 17.8. The Morgan fingerprint density at radius 2 is 1.73 bits per heavy atom. The van der Waals surface area contributed by atoms with Crippen molar-refractivity contribution in [1.29, 1.82) is 0 Å². The van der Waals surface area contributed by atoms with Gasteiger partial charge in [0.15, 0.2) is 0 Å². The standard InChI is InChI=1S/C29H30Cl2N4O2/c1-16-13-20(14-17(2)26(16)31)37-12-5-7-21-22-8-9-23(30)25(24-18(3)33-15-34-19(24)4)27(22)35-11-6-10-32-29(36)28(21)35/h8-9,13-15H,5-7,10-12H2,1-4H3,(H,32,36). The Morgan fingerprint density at radius 3 is 2.43 bits per heavy atom. The minimum absolute atomic E-state index is 0.0478. The van der Waals surface area contributed by atoms with Gasteiger partial charge in [0.05, 0.1) is 17.1 Å². The lowest BCUT2D eigenvalue weighted by Crippen LogP contribution is -2.24. The van der Waals surface area contributed by atoms with E-state index in [0.29, 0.717) is 30.3 Å². The Kier molecular flexibility index (Phi) is 7.15. The minimum atomic E-state index is -0.0478. The lowest BCUT2D eigenvalue weighted by molar-refractivity contribution is 0.0950. The molecule has 0 fully saturated rings. The fourth-order valence-electron chi connectivity index (χ4n) is 5.37. The molecule has 1 N–H and O–H groups in total. The summed E-state index contributed by atoms with van der Waals surface area (Å²) in [6, 6.07) is 7.88. The Morgan fingerprint density at radius 1 is 1.03 bits per heavy atom. The lowest BCUT2D eigenvalue weighted by Gasteiger charge is -2.14. The van der Waals surface area contributed by atoms with Gasteiger partial charge in [0.25, 0.3) is 5.91 Å². The van der Waals surface area contributed by atoms with Gasteiger partial charge >= 0.3 is 0 Å². The second kappa shape index (κ2) is 10.3. The van der Waals surface area contributed by atoms with E-state index in [1.807, 2.05) is 52.0 Å². The number of carbonyl (C=O) groups excluding carboxylic acids is 1. The van der Waals surface area contributed by atoms with Gasteiger partial charge < -0.3 is 14.6 Å². The van der Waals surface area contributed by atoms with Crippen molar-refractivity contribution in [2.45, 2.75) is 53.5 Å². The van der Waals surface area contributed by atoms with E-state index in [0.717, 1.165) is 80.3 Å². The second-order valence-electron chi connectivity index (χ2n) is 9.65. The highest BCUT2D eigenvalue weighted by molar-refractivity contribution is 6.35.